The van der Waals surface area contributed by atoms with Gasteiger partial charge in [0.1, 0.15) is 5.82 Å². The highest BCUT2D eigenvalue weighted by atomic mass is 32.1. The van der Waals surface area contributed by atoms with Gasteiger partial charge in [-0.1, -0.05) is 43.7 Å². The van der Waals surface area contributed by atoms with Gasteiger partial charge in [-0.05, 0) is 106 Å². The van der Waals surface area contributed by atoms with Crippen LogP contribution in [0.25, 0.3) is 0 Å². The molecule has 214 valence electrons. The fourth-order valence-electron chi connectivity index (χ4n) is 5.35. The number of nitrogens with zero attached hydrogens (tertiary/aromatic N) is 2. The summed E-state index contributed by atoms with van der Waals surface area (Å²) in [6.07, 6.45) is 15.6. The molecular formula is C32H43FN6S. The summed E-state index contributed by atoms with van der Waals surface area (Å²) in [5.74, 6) is -0.292. The summed E-state index contributed by atoms with van der Waals surface area (Å²) < 4.78 is 16.5. The molecule has 40 heavy (non-hydrogen) atoms. The van der Waals surface area contributed by atoms with Gasteiger partial charge in [0, 0.05) is 47.7 Å². The van der Waals surface area contributed by atoms with Gasteiger partial charge in [-0.2, -0.15) is 0 Å². The maximum Gasteiger partial charge on any atom is 0.123 e. The Bertz CT molecular complexity index is 1200. The topological polar surface area (TPSA) is 75.5 Å². The third-order valence-corrected chi connectivity index (χ3v) is 7.80. The van der Waals surface area contributed by atoms with Gasteiger partial charge in [0.25, 0.3) is 0 Å². The van der Waals surface area contributed by atoms with Gasteiger partial charge in [0.15, 0.2) is 0 Å². The van der Waals surface area contributed by atoms with Crippen LogP contribution in [-0.2, 0) is 0 Å². The fraction of sp³-hybridized carbons (Fsp3) is 0.375. The Morgan fingerprint density at radius 1 is 1.25 bits per heavy atom. The van der Waals surface area contributed by atoms with Crippen LogP contribution >= 0.6 is 12.8 Å². The SMILES string of the molecule is C=C/C(=C\NCN1CCCC1)CC1(C(=C)/C(C)=N/C=C\C)CC(C=N)=C(Nc2ccc(F)cc2)C=C1CCNS. The first-order chi connectivity index (χ1) is 19.4. The summed E-state index contributed by atoms with van der Waals surface area (Å²) in [6, 6.07) is 6.25. The monoisotopic (exact) mass is 562 g/mol. The van der Waals surface area contributed by atoms with E-state index < -0.39 is 5.41 Å². The number of thiol groups is 1. The number of anilines is 1. The van der Waals surface area contributed by atoms with E-state index in [9.17, 15) is 4.39 Å². The molecule has 1 aromatic rings. The van der Waals surface area contributed by atoms with Crippen LogP contribution in [0.1, 0.15) is 46.0 Å². The van der Waals surface area contributed by atoms with Crippen LogP contribution < -0.4 is 15.4 Å². The first kappa shape index (κ1) is 31.3. The molecule has 4 N–H and O–H groups in total. The molecule has 0 bridgehead atoms. The first-order valence-corrected chi connectivity index (χ1v) is 14.3. The van der Waals surface area contributed by atoms with Crippen molar-refractivity contribution in [2.45, 2.75) is 46.0 Å². The minimum atomic E-state index is -0.532. The van der Waals surface area contributed by atoms with Gasteiger partial charge in [-0.15, -0.1) is 0 Å². The molecule has 1 unspecified atom stereocenters. The van der Waals surface area contributed by atoms with Gasteiger partial charge in [0.2, 0.25) is 0 Å². The minimum absolute atomic E-state index is 0.292. The van der Waals surface area contributed by atoms with Gasteiger partial charge in [-0.25, -0.2) is 4.39 Å². The second-order valence-electron chi connectivity index (χ2n) is 10.3. The summed E-state index contributed by atoms with van der Waals surface area (Å²) in [7, 11) is 0. The second-order valence-corrected chi connectivity index (χ2v) is 10.6. The van der Waals surface area contributed by atoms with E-state index in [1.807, 2.05) is 26.0 Å². The molecule has 0 spiro atoms. The molecule has 3 rings (SSSR count). The third-order valence-electron chi connectivity index (χ3n) is 7.58. The van der Waals surface area contributed by atoms with Crippen molar-refractivity contribution in [2.75, 3.05) is 31.6 Å². The van der Waals surface area contributed by atoms with Crippen molar-refractivity contribution in [1.82, 2.24) is 14.9 Å². The number of hydrogen-bond acceptors (Lipinski definition) is 7. The highest BCUT2D eigenvalue weighted by Gasteiger charge is 2.41. The number of nitrogens with one attached hydrogen (secondary N) is 4. The maximum absolute atomic E-state index is 13.5. The standard InChI is InChI=1S/C32H43FN6S/c1-5-14-36-25(4)24(3)32(19-26(6-2)22-35-23-39-16-7-8-17-39)20-27(21-34)31(18-28(32)13-15-37-40)38-30-11-9-29(33)10-12-30/h5-6,9-12,14,18,21-22,34-35,37-38,40H,2-3,7-8,13,15-17,19-20,23H2,1,4H3/b14-5-,26-22+,34-21?,36-25+. The molecule has 1 atom stereocenters. The molecule has 8 heteroatoms. The maximum atomic E-state index is 13.5. The molecule has 1 aromatic carbocycles. The van der Waals surface area contributed by atoms with Crippen LogP contribution in [0.15, 0.2) is 101 Å². The van der Waals surface area contributed by atoms with E-state index in [4.69, 9.17) is 5.41 Å². The molecular weight excluding hydrogens is 519 g/mol. The quantitative estimate of drug-likeness (QED) is 0.0912. The molecule has 1 aliphatic heterocycles. The van der Waals surface area contributed by atoms with Crippen LogP contribution in [0.5, 0.6) is 0 Å². The van der Waals surface area contributed by atoms with E-state index in [0.29, 0.717) is 25.8 Å². The van der Waals surface area contributed by atoms with E-state index in [1.54, 1.807) is 18.3 Å². The summed E-state index contributed by atoms with van der Waals surface area (Å²) in [5, 5.41) is 15.2. The van der Waals surface area contributed by atoms with Crippen molar-refractivity contribution in [2.24, 2.45) is 10.4 Å². The van der Waals surface area contributed by atoms with Gasteiger partial charge < -0.3 is 16.0 Å². The number of benzene rings is 1. The molecule has 1 fully saturated rings. The molecule has 1 heterocycles. The van der Waals surface area contributed by atoms with E-state index >= 15 is 0 Å². The highest BCUT2D eigenvalue weighted by Crippen LogP contribution is 2.51. The zero-order valence-corrected chi connectivity index (χ0v) is 24.7. The fourth-order valence-corrected chi connectivity index (χ4v) is 5.46. The average Bonchev–Trinajstić information content (AvgIpc) is 3.49. The smallest absolute Gasteiger partial charge is 0.123 e. The number of rotatable bonds is 15. The Labute approximate surface area is 244 Å². The van der Waals surface area contributed by atoms with Crippen LogP contribution in [0.2, 0.25) is 0 Å². The Morgan fingerprint density at radius 2 is 1.98 bits per heavy atom. The van der Waals surface area contributed by atoms with Gasteiger partial charge in [-0.3, -0.25) is 14.6 Å². The van der Waals surface area contributed by atoms with E-state index in [1.165, 1.54) is 31.2 Å². The van der Waals surface area contributed by atoms with E-state index in [2.05, 4.69) is 63.5 Å². The summed E-state index contributed by atoms with van der Waals surface area (Å²) in [4.78, 5) is 7.07. The van der Waals surface area contributed by atoms with Crippen LogP contribution in [0.4, 0.5) is 10.1 Å². The number of likely N-dealkylation sites (tertiary alicyclic amines) is 1. The lowest BCUT2D eigenvalue weighted by Crippen LogP contribution is -2.35. The Morgan fingerprint density at radius 3 is 2.60 bits per heavy atom. The average molecular weight is 563 g/mol. The lowest BCUT2D eigenvalue weighted by Gasteiger charge is -2.42. The molecule has 1 aliphatic carbocycles. The van der Waals surface area contributed by atoms with Crippen molar-refractivity contribution in [3.05, 3.63) is 102 Å². The molecule has 1 saturated heterocycles. The van der Waals surface area contributed by atoms with Gasteiger partial charge in [0.05, 0.1) is 6.67 Å². The molecule has 6 nitrogen and oxygen atoms in total. The number of halogens is 1. The zero-order valence-electron chi connectivity index (χ0n) is 23.8. The summed E-state index contributed by atoms with van der Waals surface area (Å²) in [5.41, 5.74) is 5.84. The molecule has 0 amide bonds. The molecule has 0 radical (unpaired) electrons. The highest BCUT2D eigenvalue weighted by molar-refractivity contribution is 7.78. The van der Waals surface area contributed by atoms with E-state index in [-0.39, 0.29) is 5.82 Å². The lowest BCUT2D eigenvalue weighted by atomic mass is 9.62. The van der Waals surface area contributed by atoms with Crippen LogP contribution in [0, 0.1) is 16.6 Å². The Balaban J connectivity index is 2.05. The predicted octanol–water partition coefficient (Wildman–Crippen LogP) is 6.94. The largest absolute Gasteiger partial charge is 0.378 e. The van der Waals surface area contributed by atoms with Crippen LogP contribution in [-0.4, -0.2) is 43.1 Å². The predicted molar refractivity (Wildman–Crippen MR) is 171 cm³/mol. The van der Waals surface area contributed by atoms with Crippen molar-refractivity contribution in [1.29, 1.82) is 5.41 Å². The Hall–Kier alpha value is -3.20. The molecule has 0 saturated carbocycles. The third kappa shape index (κ3) is 8.16. The Kier molecular flexibility index (Phi) is 12.2. The van der Waals surface area contributed by atoms with E-state index in [0.717, 1.165) is 59.1 Å². The van der Waals surface area contributed by atoms with Crippen molar-refractivity contribution in [3.63, 3.8) is 0 Å². The van der Waals surface area contributed by atoms with Crippen molar-refractivity contribution < 1.29 is 4.39 Å². The van der Waals surface area contributed by atoms with Crippen molar-refractivity contribution >= 4 is 30.4 Å². The minimum Gasteiger partial charge on any atom is -0.378 e. The molecule has 0 aromatic heterocycles. The second kappa shape index (κ2) is 15.6. The number of aliphatic imine (C=N–C) groups is 1. The lowest BCUT2D eigenvalue weighted by molar-refractivity contribution is 0.326. The number of allylic oxidation sites excluding steroid dienone is 6. The number of hydrogen-bond donors (Lipinski definition) is 5. The summed E-state index contributed by atoms with van der Waals surface area (Å²) in [6.45, 7) is 16.3. The normalized spacial score (nSPS) is 20.6. The summed E-state index contributed by atoms with van der Waals surface area (Å²) >= 11 is 4.27. The van der Waals surface area contributed by atoms with Gasteiger partial charge >= 0.3 is 0 Å². The van der Waals surface area contributed by atoms with Crippen molar-refractivity contribution in [3.8, 4) is 0 Å². The van der Waals surface area contributed by atoms with Crippen LogP contribution in [0.3, 0.4) is 0 Å². The zero-order chi connectivity index (χ0) is 29.0. The first-order valence-electron chi connectivity index (χ1n) is 13.8. The molecule has 2 aliphatic rings.